The Morgan fingerprint density at radius 1 is 1.29 bits per heavy atom. The number of nitrogens with one attached hydrogen (secondary N) is 1. The van der Waals surface area contributed by atoms with Gasteiger partial charge in [-0.1, -0.05) is 48.7 Å². The molecule has 2 N–H and O–H groups in total. The predicted molar refractivity (Wildman–Crippen MR) is 73.2 cm³/mol. The highest BCUT2D eigenvalue weighted by Crippen LogP contribution is 2.30. The van der Waals surface area contributed by atoms with Crippen molar-refractivity contribution in [2.45, 2.75) is 20.3 Å². The zero-order valence-electron chi connectivity index (χ0n) is 9.73. The molecule has 0 saturated heterocycles. The van der Waals surface area contributed by atoms with Crippen LogP contribution in [-0.4, -0.2) is 23.2 Å². The van der Waals surface area contributed by atoms with Gasteiger partial charge >= 0.3 is 0 Å². The molecular formula is C11H15Cl3N2O. The Morgan fingerprint density at radius 3 is 2.53 bits per heavy atom. The second-order valence-electron chi connectivity index (χ2n) is 4.58. The van der Waals surface area contributed by atoms with Crippen LogP contribution < -0.4 is 5.32 Å². The Morgan fingerprint density at radius 2 is 1.94 bits per heavy atom. The number of anilines is 1. The smallest absolute Gasteiger partial charge is 0.150 e. The van der Waals surface area contributed by atoms with Crippen LogP contribution in [0.25, 0.3) is 0 Å². The molecule has 0 aliphatic heterocycles. The number of rotatable bonds is 5. The van der Waals surface area contributed by atoms with E-state index in [1.165, 1.54) is 0 Å². The lowest BCUT2D eigenvalue weighted by Crippen LogP contribution is -2.24. The molecule has 3 nitrogen and oxygen atoms in total. The van der Waals surface area contributed by atoms with Crippen LogP contribution >= 0.6 is 34.8 Å². The molecule has 17 heavy (non-hydrogen) atoms. The van der Waals surface area contributed by atoms with Crippen molar-refractivity contribution in [1.82, 2.24) is 4.98 Å². The molecule has 0 aliphatic carbocycles. The van der Waals surface area contributed by atoms with Crippen molar-refractivity contribution in [3.05, 3.63) is 21.3 Å². The van der Waals surface area contributed by atoms with Gasteiger partial charge in [-0.25, -0.2) is 4.98 Å². The summed E-state index contributed by atoms with van der Waals surface area (Å²) in [6.07, 6.45) is 0.693. The number of pyridine rings is 1. The largest absolute Gasteiger partial charge is 0.396 e. The third-order valence-corrected chi connectivity index (χ3v) is 3.37. The van der Waals surface area contributed by atoms with E-state index < -0.39 is 0 Å². The third-order valence-electron chi connectivity index (χ3n) is 2.41. The second-order valence-corrected chi connectivity index (χ2v) is 5.76. The van der Waals surface area contributed by atoms with Gasteiger partial charge in [0.05, 0.1) is 10.0 Å². The highest BCUT2D eigenvalue weighted by atomic mass is 35.5. The van der Waals surface area contributed by atoms with Gasteiger partial charge in [-0.05, 0) is 17.9 Å². The zero-order chi connectivity index (χ0) is 13.1. The molecule has 0 spiro atoms. The van der Waals surface area contributed by atoms with Gasteiger partial charge < -0.3 is 10.4 Å². The Hall–Kier alpha value is -0.220. The summed E-state index contributed by atoms with van der Waals surface area (Å²) in [5, 5.41) is 13.0. The lowest BCUT2D eigenvalue weighted by Gasteiger charge is -2.24. The van der Waals surface area contributed by atoms with Gasteiger partial charge in [0.25, 0.3) is 0 Å². The first-order valence-electron chi connectivity index (χ1n) is 5.22. The van der Waals surface area contributed by atoms with Gasteiger partial charge in [-0.15, -0.1) is 0 Å². The van der Waals surface area contributed by atoms with Gasteiger partial charge in [0.2, 0.25) is 0 Å². The van der Waals surface area contributed by atoms with Gasteiger partial charge in [-0.3, -0.25) is 0 Å². The van der Waals surface area contributed by atoms with Crippen LogP contribution in [0.1, 0.15) is 20.3 Å². The molecule has 0 atom stereocenters. The topological polar surface area (TPSA) is 45.1 Å². The zero-order valence-corrected chi connectivity index (χ0v) is 12.0. The number of hydrogen-bond acceptors (Lipinski definition) is 3. The van der Waals surface area contributed by atoms with E-state index in [1.54, 1.807) is 6.07 Å². The SMILES string of the molecule is CC(C)(CCO)CNc1nc(Cl)c(Cl)cc1Cl. The van der Waals surface area contributed by atoms with E-state index in [0.717, 1.165) is 0 Å². The molecule has 0 aliphatic rings. The maximum Gasteiger partial charge on any atom is 0.150 e. The van der Waals surface area contributed by atoms with E-state index in [0.29, 0.717) is 28.8 Å². The number of aromatic nitrogens is 1. The first-order chi connectivity index (χ1) is 7.85. The summed E-state index contributed by atoms with van der Waals surface area (Å²) in [7, 11) is 0. The summed E-state index contributed by atoms with van der Waals surface area (Å²) in [6, 6.07) is 1.56. The minimum absolute atomic E-state index is 0.0497. The summed E-state index contributed by atoms with van der Waals surface area (Å²) >= 11 is 17.6. The average molecular weight is 298 g/mol. The van der Waals surface area contributed by atoms with Crippen molar-refractivity contribution in [2.24, 2.45) is 5.41 Å². The second kappa shape index (κ2) is 6.10. The van der Waals surface area contributed by atoms with Crippen molar-refractivity contribution in [2.75, 3.05) is 18.5 Å². The molecule has 1 rings (SSSR count). The van der Waals surface area contributed by atoms with Crippen LogP contribution in [0.4, 0.5) is 5.82 Å². The molecule has 0 unspecified atom stereocenters. The number of hydrogen-bond donors (Lipinski definition) is 2. The molecule has 1 aromatic heterocycles. The van der Waals surface area contributed by atoms with Crippen molar-refractivity contribution < 1.29 is 5.11 Å². The Labute approximate surface area is 116 Å². The van der Waals surface area contributed by atoms with Crippen LogP contribution in [0, 0.1) is 5.41 Å². The molecule has 0 saturated carbocycles. The van der Waals surface area contributed by atoms with E-state index in [2.05, 4.69) is 10.3 Å². The lowest BCUT2D eigenvalue weighted by atomic mass is 9.90. The lowest BCUT2D eigenvalue weighted by molar-refractivity contribution is 0.220. The van der Waals surface area contributed by atoms with E-state index in [1.807, 2.05) is 13.8 Å². The highest BCUT2D eigenvalue weighted by Gasteiger charge is 2.18. The Kier molecular flexibility index (Phi) is 5.32. The minimum atomic E-state index is -0.0497. The van der Waals surface area contributed by atoms with Crippen molar-refractivity contribution in [3.63, 3.8) is 0 Å². The predicted octanol–water partition coefficient (Wildman–Crippen LogP) is 3.86. The van der Waals surface area contributed by atoms with Crippen LogP contribution in [0.5, 0.6) is 0 Å². The van der Waals surface area contributed by atoms with Gasteiger partial charge in [0, 0.05) is 13.2 Å². The molecule has 0 aromatic carbocycles. The number of aliphatic hydroxyl groups is 1. The molecule has 0 fully saturated rings. The van der Waals surface area contributed by atoms with E-state index >= 15 is 0 Å². The fourth-order valence-electron chi connectivity index (χ4n) is 1.28. The number of nitrogens with zero attached hydrogens (tertiary/aromatic N) is 1. The van der Waals surface area contributed by atoms with Crippen molar-refractivity contribution in [3.8, 4) is 0 Å². The molecule has 1 aromatic rings. The van der Waals surface area contributed by atoms with Crippen LogP contribution in [0.15, 0.2) is 6.07 Å². The van der Waals surface area contributed by atoms with E-state index in [4.69, 9.17) is 39.9 Å². The van der Waals surface area contributed by atoms with E-state index in [-0.39, 0.29) is 17.2 Å². The summed E-state index contributed by atoms with van der Waals surface area (Å²) < 4.78 is 0. The first-order valence-corrected chi connectivity index (χ1v) is 6.35. The molecule has 6 heteroatoms. The fourth-order valence-corrected chi connectivity index (χ4v) is 1.85. The summed E-state index contributed by atoms with van der Waals surface area (Å²) in [4.78, 5) is 4.06. The van der Waals surface area contributed by atoms with Crippen LogP contribution in [-0.2, 0) is 0 Å². The number of halogens is 3. The van der Waals surface area contributed by atoms with Crippen LogP contribution in [0.2, 0.25) is 15.2 Å². The summed E-state index contributed by atoms with van der Waals surface area (Å²) in [5.41, 5.74) is -0.0497. The Balaban J connectivity index is 2.73. The molecule has 96 valence electrons. The van der Waals surface area contributed by atoms with Gasteiger partial charge in [0.1, 0.15) is 11.0 Å². The monoisotopic (exact) mass is 296 g/mol. The van der Waals surface area contributed by atoms with E-state index in [9.17, 15) is 0 Å². The molecule has 0 radical (unpaired) electrons. The fraction of sp³-hybridized carbons (Fsp3) is 0.545. The molecular weight excluding hydrogens is 282 g/mol. The molecule has 0 amide bonds. The summed E-state index contributed by atoms with van der Waals surface area (Å²) in [6.45, 7) is 4.87. The minimum Gasteiger partial charge on any atom is -0.396 e. The maximum absolute atomic E-state index is 8.93. The standard InChI is InChI=1S/C11H15Cl3N2O/c1-11(2,3-4-17)6-15-10-8(13)5-7(12)9(14)16-10/h5,17H,3-4,6H2,1-2H3,(H,15,16). The highest BCUT2D eigenvalue weighted by molar-refractivity contribution is 6.42. The number of aliphatic hydroxyl groups excluding tert-OH is 1. The normalized spacial score (nSPS) is 11.6. The summed E-state index contributed by atoms with van der Waals surface area (Å²) in [5.74, 6) is 0.507. The van der Waals surface area contributed by atoms with Crippen molar-refractivity contribution >= 4 is 40.6 Å². The van der Waals surface area contributed by atoms with Crippen molar-refractivity contribution in [1.29, 1.82) is 0 Å². The van der Waals surface area contributed by atoms with Gasteiger partial charge in [0.15, 0.2) is 0 Å². The average Bonchev–Trinajstić information content (AvgIpc) is 2.21. The van der Waals surface area contributed by atoms with Crippen LogP contribution in [0.3, 0.4) is 0 Å². The molecule has 1 heterocycles. The Bertz CT molecular complexity index is 397. The maximum atomic E-state index is 8.93. The van der Waals surface area contributed by atoms with Gasteiger partial charge in [-0.2, -0.15) is 0 Å². The molecule has 0 bridgehead atoms. The first kappa shape index (κ1) is 14.8. The quantitative estimate of drug-likeness (QED) is 0.811. The third kappa shape index (κ3) is 4.51.